The summed E-state index contributed by atoms with van der Waals surface area (Å²) in [5.74, 6) is 0. The number of hydrogen-bond donors (Lipinski definition) is 0. The van der Waals surface area contributed by atoms with E-state index in [1.807, 2.05) is 35.6 Å². The van der Waals surface area contributed by atoms with Gasteiger partial charge in [0.15, 0.2) is 0 Å². The standard InChI is InChI=1S/C16H22N4Se/c1-11(2)9-19-13(5)15(7-17-19)21-16-8-18-20(14(16)6)10-12(3)4/h7-8H,1,3,9-10H2,2,4-6H3. The van der Waals surface area contributed by atoms with Gasteiger partial charge in [0.25, 0.3) is 0 Å². The Kier molecular flexibility index (Phi) is 4.86. The Morgan fingerprint density at radius 3 is 1.67 bits per heavy atom. The minimum absolute atomic E-state index is 0.231. The Hall–Kier alpha value is -1.58. The fourth-order valence-electron chi connectivity index (χ4n) is 2.01. The maximum absolute atomic E-state index is 4.47. The predicted molar refractivity (Wildman–Crippen MR) is 88.6 cm³/mol. The van der Waals surface area contributed by atoms with E-state index < -0.39 is 0 Å². The van der Waals surface area contributed by atoms with E-state index in [1.54, 1.807) is 0 Å². The molecule has 2 aromatic heterocycles. The molecular weight excluding hydrogens is 327 g/mol. The average molecular weight is 349 g/mol. The summed E-state index contributed by atoms with van der Waals surface area (Å²) in [6.07, 6.45) is 3.96. The molecule has 0 atom stereocenters. The van der Waals surface area contributed by atoms with Crippen LogP contribution in [0.15, 0.2) is 36.7 Å². The van der Waals surface area contributed by atoms with E-state index in [9.17, 15) is 0 Å². The molecule has 0 bridgehead atoms. The van der Waals surface area contributed by atoms with Gasteiger partial charge in [0.05, 0.1) is 0 Å². The SMILES string of the molecule is C=C(C)Cn1ncc([Se]c2cnn(CC(=C)C)c2C)c1C. The Morgan fingerprint density at radius 2 is 1.33 bits per heavy atom. The van der Waals surface area contributed by atoms with Crippen LogP contribution >= 0.6 is 0 Å². The van der Waals surface area contributed by atoms with Gasteiger partial charge >= 0.3 is 132 Å². The van der Waals surface area contributed by atoms with Crippen molar-refractivity contribution in [3.63, 3.8) is 0 Å². The molecule has 0 amide bonds. The summed E-state index contributed by atoms with van der Waals surface area (Å²) >= 11 is 0.231. The van der Waals surface area contributed by atoms with E-state index in [1.165, 1.54) is 20.3 Å². The molecule has 0 saturated carbocycles. The van der Waals surface area contributed by atoms with Crippen molar-refractivity contribution in [2.45, 2.75) is 40.8 Å². The molecule has 5 heteroatoms. The molecule has 0 aliphatic rings. The van der Waals surface area contributed by atoms with E-state index in [4.69, 9.17) is 0 Å². The van der Waals surface area contributed by atoms with Crippen LogP contribution < -0.4 is 8.92 Å². The second kappa shape index (κ2) is 6.46. The summed E-state index contributed by atoms with van der Waals surface area (Å²) in [6.45, 7) is 17.8. The first kappa shape index (κ1) is 15.8. The third kappa shape index (κ3) is 3.74. The van der Waals surface area contributed by atoms with Gasteiger partial charge < -0.3 is 0 Å². The summed E-state index contributed by atoms with van der Waals surface area (Å²) in [7, 11) is 0. The molecule has 2 aromatic rings. The molecule has 0 fully saturated rings. The van der Waals surface area contributed by atoms with Crippen LogP contribution in [0.2, 0.25) is 0 Å². The Bertz CT molecular complexity index is 620. The summed E-state index contributed by atoms with van der Waals surface area (Å²) in [6, 6.07) is 0. The Labute approximate surface area is 132 Å². The zero-order valence-corrected chi connectivity index (χ0v) is 14.9. The molecule has 0 aliphatic carbocycles. The van der Waals surface area contributed by atoms with Crippen molar-refractivity contribution >= 4 is 23.9 Å². The van der Waals surface area contributed by atoms with Crippen LogP contribution in [0.3, 0.4) is 0 Å². The number of hydrogen-bond acceptors (Lipinski definition) is 2. The van der Waals surface area contributed by atoms with Crippen molar-refractivity contribution in [2.75, 3.05) is 0 Å². The topological polar surface area (TPSA) is 35.6 Å². The van der Waals surface area contributed by atoms with Gasteiger partial charge in [0, 0.05) is 0 Å². The molecule has 0 saturated heterocycles. The summed E-state index contributed by atoms with van der Waals surface area (Å²) in [5, 5.41) is 8.93. The van der Waals surface area contributed by atoms with Gasteiger partial charge in [-0.1, -0.05) is 0 Å². The molecule has 112 valence electrons. The normalized spacial score (nSPS) is 10.9. The number of allylic oxidation sites excluding steroid dienone is 2. The van der Waals surface area contributed by atoms with Crippen molar-refractivity contribution in [3.05, 3.63) is 48.1 Å². The van der Waals surface area contributed by atoms with Gasteiger partial charge in [0.1, 0.15) is 0 Å². The van der Waals surface area contributed by atoms with Crippen LogP contribution in [0.4, 0.5) is 0 Å². The molecule has 2 heterocycles. The first-order valence-corrected chi connectivity index (χ1v) is 8.61. The quantitative estimate of drug-likeness (QED) is 0.585. The van der Waals surface area contributed by atoms with E-state index in [0.29, 0.717) is 0 Å². The third-order valence-corrected chi connectivity index (χ3v) is 5.78. The van der Waals surface area contributed by atoms with E-state index in [0.717, 1.165) is 24.2 Å². The van der Waals surface area contributed by atoms with E-state index in [-0.39, 0.29) is 15.0 Å². The molecule has 0 aliphatic heterocycles. The molecule has 0 unspecified atom stereocenters. The fourth-order valence-corrected chi connectivity index (χ4v) is 3.99. The van der Waals surface area contributed by atoms with Crippen LogP contribution in [0.25, 0.3) is 0 Å². The Morgan fingerprint density at radius 1 is 0.952 bits per heavy atom. The molecule has 0 N–H and O–H groups in total. The summed E-state index contributed by atoms with van der Waals surface area (Å²) < 4.78 is 6.66. The van der Waals surface area contributed by atoms with Gasteiger partial charge in [-0.2, -0.15) is 0 Å². The maximum atomic E-state index is 4.47. The first-order chi connectivity index (χ1) is 9.88. The first-order valence-electron chi connectivity index (χ1n) is 6.90. The zero-order valence-electron chi connectivity index (χ0n) is 13.2. The third-order valence-electron chi connectivity index (χ3n) is 3.18. The van der Waals surface area contributed by atoms with Crippen LogP contribution in [-0.4, -0.2) is 34.5 Å². The molecule has 0 spiro atoms. The van der Waals surface area contributed by atoms with Gasteiger partial charge in [0.2, 0.25) is 0 Å². The second-order valence-corrected chi connectivity index (χ2v) is 7.79. The fraction of sp³-hybridized carbons (Fsp3) is 0.375. The average Bonchev–Trinajstić information content (AvgIpc) is 2.88. The van der Waals surface area contributed by atoms with Gasteiger partial charge in [-0.05, 0) is 0 Å². The van der Waals surface area contributed by atoms with E-state index >= 15 is 0 Å². The Balaban J connectivity index is 2.19. The van der Waals surface area contributed by atoms with Crippen LogP contribution in [0, 0.1) is 13.8 Å². The predicted octanol–water partition coefficient (Wildman–Crippen LogP) is 1.50. The van der Waals surface area contributed by atoms with Gasteiger partial charge in [-0.15, -0.1) is 0 Å². The number of aromatic nitrogens is 4. The number of nitrogens with zero attached hydrogens (tertiary/aromatic N) is 4. The molecule has 4 nitrogen and oxygen atoms in total. The van der Waals surface area contributed by atoms with Gasteiger partial charge in [-0.25, -0.2) is 0 Å². The van der Waals surface area contributed by atoms with Crippen LogP contribution in [0.1, 0.15) is 25.2 Å². The van der Waals surface area contributed by atoms with Gasteiger partial charge in [-0.3, -0.25) is 0 Å². The zero-order chi connectivity index (χ0) is 15.6. The van der Waals surface area contributed by atoms with Crippen LogP contribution in [0.5, 0.6) is 0 Å². The molecule has 0 radical (unpaired) electrons. The van der Waals surface area contributed by atoms with Crippen LogP contribution in [-0.2, 0) is 13.1 Å². The summed E-state index contributed by atoms with van der Waals surface area (Å²) in [4.78, 5) is 0. The molecule has 21 heavy (non-hydrogen) atoms. The molecule has 2 rings (SSSR count). The monoisotopic (exact) mass is 350 g/mol. The minimum atomic E-state index is 0.231. The van der Waals surface area contributed by atoms with Crippen molar-refractivity contribution in [1.29, 1.82) is 0 Å². The van der Waals surface area contributed by atoms with E-state index in [2.05, 4.69) is 37.2 Å². The van der Waals surface area contributed by atoms with Crippen molar-refractivity contribution in [2.24, 2.45) is 0 Å². The van der Waals surface area contributed by atoms with Crippen molar-refractivity contribution in [3.8, 4) is 0 Å². The molecule has 0 aromatic carbocycles. The molecular formula is C16H22N4Se. The summed E-state index contributed by atoms with van der Waals surface area (Å²) in [5.41, 5.74) is 4.69. The van der Waals surface area contributed by atoms with Crippen molar-refractivity contribution in [1.82, 2.24) is 19.6 Å². The number of rotatable bonds is 6. The van der Waals surface area contributed by atoms with Crippen molar-refractivity contribution < 1.29 is 0 Å². The second-order valence-electron chi connectivity index (χ2n) is 5.52.